The molecule has 2 amide bonds. The van der Waals surface area contributed by atoms with Gasteiger partial charge in [-0.05, 0) is 67.6 Å². The van der Waals surface area contributed by atoms with Crippen LogP contribution in [0, 0.1) is 0 Å². The van der Waals surface area contributed by atoms with Crippen LogP contribution in [0.3, 0.4) is 0 Å². The van der Waals surface area contributed by atoms with Crippen molar-refractivity contribution in [3.63, 3.8) is 0 Å². The van der Waals surface area contributed by atoms with Gasteiger partial charge >= 0.3 is 0 Å². The number of nitrogens with zero attached hydrogens (tertiary/aromatic N) is 1. The van der Waals surface area contributed by atoms with Crippen LogP contribution in [0.4, 0.5) is 10.8 Å². The Kier molecular flexibility index (Phi) is 8.59. The Hall–Kier alpha value is -3.82. The molecule has 184 valence electrons. The van der Waals surface area contributed by atoms with Gasteiger partial charge < -0.3 is 20.1 Å². The molecule has 4 rings (SSSR count). The van der Waals surface area contributed by atoms with E-state index in [0.717, 1.165) is 21.9 Å². The number of thioether (sulfide) groups is 1. The van der Waals surface area contributed by atoms with E-state index in [4.69, 9.17) is 9.47 Å². The molecule has 1 atom stereocenters. The van der Waals surface area contributed by atoms with Crippen LogP contribution in [0.25, 0.3) is 11.3 Å². The molecular weight excluding hydrogens is 494 g/mol. The van der Waals surface area contributed by atoms with Gasteiger partial charge in [0.15, 0.2) is 11.7 Å². The fraction of sp³-hybridized carbons (Fsp3) is 0.148. The Morgan fingerprint density at radius 1 is 0.944 bits per heavy atom. The summed E-state index contributed by atoms with van der Waals surface area (Å²) in [5.41, 5.74) is 2.41. The summed E-state index contributed by atoms with van der Waals surface area (Å²) in [4.78, 5) is 30.3. The molecule has 1 heterocycles. The third-order valence-electron chi connectivity index (χ3n) is 5.05. The molecule has 2 N–H and O–H groups in total. The van der Waals surface area contributed by atoms with Gasteiger partial charge in [-0.2, -0.15) is 0 Å². The van der Waals surface area contributed by atoms with Gasteiger partial charge in [0.2, 0.25) is 5.91 Å². The minimum Gasteiger partial charge on any atom is -0.497 e. The van der Waals surface area contributed by atoms with Gasteiger partial charge in [-0.3, -0.25) is 9.59 Å². The van der Waals surface area contributed by atoms with Crippen LogP contribution in [-0.2, 0) is 9.59 Å². The van der Waals surface area contributed by atoms with E-state index in [1.807, 2.05) is 66.9 Å². The van der Waals surface area contributed by atoms with Crippen molar-refractivity contribution in [3.8, 4) is 22.8 Å². The number of carbonyl (C=O) groups excluding carboxylic acids is 2. The zero-order chi connectivity index (χ0) is 25.3. The summed E-state index contributed by atoms with van der Waals surface area (Å²) in [5.74, 6) is 1.04. The predicted molar refractivity (Wildman–Crippen MR) is 145 cm³/mol. The minimum atomic E-state index is -0.335. The van der Waals surface area contributed by atoms with Crippen molar-refractivity contribution >= 4 is 45.7 Å². The smallest absolute Gasteiger partial charge is 0.262 e. The summed E-state index contributed by atoms with van der Waals surface area (Å²) in [5, 5.41) is 7.82. The highest BCUT2D eigenvalue weighted by Gasteiger charge is 2.17. The fourth-order valence-corrected chi connectivity index (χ4v) is 4.76. The number of aromatic nitrogens is 1. The van der Waals surface area contributed by atoms with Crippen molar-refractivity contribution in [2.45, 2.75) is 17.1 Å². The molecule has 4 aromatic rings. The molecule has 9 heteroatoms. The largest absolute Gasteiger partial charge is 0.497 e. The molecule has 0 saturated carbocycles. The molecule has 0 aliphatic carbocycles. The number of carbonyl (C=O) groups is 2. The number of anilines is 2. The van der Waals surface area contributed by atoms with Crippen molar-refractivity contribution in [1.82, 2.24) is 4.98 Å². The van der Waals surface area contributed by atoms with Crippen LogP contribution in [0.2, 0.25) is 0 Å². The van der Waals surface area contributed by atoms with Crippen LogP contribution in [-0.4, -0.2) is 35.8 Å². The summed E-state index contributed by atoms with van der Waals surface area (Å²) in [7, 11) is 1.63. The van der Waals surface area contributed by atoms with Crippen LogP contribution >= 0.6 is 23.1 Å². The normalized spacial score (nSPS) is 11.4. The molecule has 1 unspecified atom stereocenters. The quantitative estimate of drug-likeness (QED) is 0.252. The zero-order valence-electron chi connectivity index (χ0n) is 19.8. The molecule has 0 spiro atoms. The fourth-order valence-electron chi connectivity index (χ4n) is 3.17. The van der Waals surface area contributed by atoms with E-state index in [1.54, 1.807) is 31.4 Å². The van der Waals surface area contributed by atoms with Crippen LogP contribution in [0.5, 0.6) is 11.5 Å². The number of hydrogen-bond donors (Lipinski definition) is 2. The number of amides is 2. The first-order valence-electron chi connectivity index (χ1n) is 11.2. The highest BCUT2D eigenvalue weighted by molar-refractivity contribution is 8.00. The Labute approximate surface area is 217 Å². The van der Waals surface area contributed by atoms with Gasteiger partial charge in [-0.25, -0.2) is 4.98 Å². The molecular formula is C27H25N3O4S2. The van der Waals surface area contributed by atoms with E-state index in [0.29, 0.717) is 16.6 Å². The number of methoxy groups -OCH3 is 1. The van der Waals surface area contributed by atoms with Gasteiger partial charge in [0, 0.05) is 21.5 Å². The third kappa shape index (κ3) is 7.10. The van der Waals surface area contributed by atoms with E-state index >= 15 is 0 Å². The Morgan fingerprint density at radius 2 is 1.67 bits per heavy atom. The lowest BCUT2D eigenvalue weighted by Gasteiger charge is -2.11. The Balaban J connectivity index is 1.25. The summed E-state index contributed by atoms with van der Waals surface area (Å²) in [6, 6.07) is 24.1. The summed E-state index contributed by atoms with van der Waals surface area (Å²) in [6.07, 6.45) is 0. The molecule has 0 fully saturated rings. The number of nitrogens with one attached hydrogen (secondary N) is 2. The molecule has 0 radical (unpaired) electrons. The standard InChI is InChI=1S/C27H25N3O4S2/c1-18(26(32)30-27-29-24(17-35-27)19-8-12-21(33-2)13-9-19)36-23-14-10-20(11-15-23)28-25(31)16-34-22-6-4-3-5-7-22/h3-15,17-18H,16H2,1-2H3,(H,28,31)(H,29,30,32). The molecule has 7 nitrogen and oxygen atoms in total. The van der Waals surface area contributed by atoms with Gasteiger partial charge in [-0.1, -0.05) is 18.2 Å². The second kappa shape index (κ2) is 12.2. The van der Waals surface area contributed by atoms with Crippen LogP contribution in [0.15, 0.2) is 89.1 Å². The zero-order valence-corrected chi connectivity index (χ0v) is 21.4. The number of para-hydroxylation sites is 1. The van der Waals surface area contributed by atoms with E-state index < -0.39 is 0 Å². The molecule has 0 saturated heterocycles. The van der Waals surface area contributed by atoms with Crippen molar-refractivity contribution in [2.24, 2.45) is 0 Å². The number of rotatable bonds is 10. The van der Waals surface area contributed by atoms with Crippen molar-refractivity contribution in [2.75, 3.05) is 24.4 Å². The molecule has 0 aliphatic rings. The van der Waals surface area contributed by atoms with Gasteiger partial charge in [0.25, 0.3) is 5.91 Å². The van der Waals surface area contributed by atoms with E-state index in [9.17, 15) is 9.59 Å². The number of benzene rings is 3. The average molecular weight is 520 g/mol. The maximum Gasteiger partial charge on any atom is 0.262 e. The number of thiazole rings is 1. The summed E-state index contributed by atoms with van der Waals surface area (Å²) >= 11 is 2.81. The van der Waals surface area contributed by atoms with Gasteiger partial charge in [0.05, 0.1) is 18.1 Å². The van der Waals surface area contributed by atoms with Gasteiger partial charge in [-0.15, -0.1) is 23.1 Å². The Bertz CT molecular complexity index is 1290. The second-order valence-electron chi connectivity index (χ2n) is 7.69. The molecule has 3 aromatic carbocycles. The lowest BCUT2D eigenvalue weighted by Crippen LogP contribution is -2.22. The number of ether oxygens (including phenoxy) is 2. The lowest BCUT2D eigenvalue weighted by atomic mass is 10.2. The average Bonchev–Trinajstić information content (AvgIpc) is 3.37. The summed E-state index contributed by atoms with van der Waals surface area (Å²) < 4.78 is 10.6. The number of hydrogen-bond acceptors (Lipinski definition) is 7. The molecule has 36 heavy (non-hydrogen) atoms. The SMILES string of the molecule is COc1ccc(-c2csc(NC(=O)C(C)Sc3ccc(NC(=O)COc4ccccc4)cc3)n2)cc1. The van der Waals surface area contributed by atoms with Crippen LogP contribution in [0.1, 0.15) is 6.92 Å². The summed E-state index contributed by atoms with van der Waals surface area (Å²) in [6.45, 7) is 1.77. The Morgan fingerprint density at radius 3 is 2.36 bits per heavy atom. The minimum absolute atomic E-state index is 0.0747. The first-order valence-corrected chi connectivity index (χ1v) is 12.9. The van der Waals surface area contributed by atoms with E-state index in [1.165, 1.54) is 23.1 Å². The maximum absolute atomic E-state index is 12.7. The van der Waals surface area contributed by atoms with Crippen molar-refractivity contribution < 1.29 is 19.1 Å². The monoisotopic (exact) mass is 519 g/mol. The topological polar surface area (TPSA) is 89.6 Å². The van der Waals surface area contributed by atoms with Crippen molar-refractivity contribution in [3.05, 3.63) is 84.2 Å². The predicted octanol–water partition coefficient (Wildman–Crippen LogP) is 5.96. The molecule has 0 aliphatic heterocycles. The molecule has 0 bridgehead atoms. The first-order chi connectivity index (χ1) is 17.5. The third-order valence-corrected chi connectivity index (χ3v) is 6.92. The highest BCUT2D eigenvalue weighted by atomic mass is 32.2. The lowest BCUT2D eigenvalue weighted by molar-refractivity contribution is -0.118. The van der Waals surface area contributed by atoms with Crippen molar-refractivity contribution in [1.29, 1.82) is 0 Å². The van der Waals surface area contributed by atoms with E-state index in [-0.39, 0.29) is 23.7 Å². The first kappa shape index (κ1) is 25.3. The highest BCUT2D eigenvalue weighted by Crippen LogP contribution is 2.29. The second-order valence-corrected chi connectivity index (χ2v) is 9.96. The maximum atomic E-state index is 12.7. The van der Waals surface area contributed by atoms with Gasteiger partial charge in [0.1, 0.15) is 11.5 Å². The molecule has 1 aromatic heterocycles. The van der Waals surface area contributed by atoms with Crippen LogP contribution < -0.4 is 20.1 Å². The van der Waals surface area contributed by atoms with E-state index in [2.05, 4.69) is 15.6 Å².